The summed E-state index contributed by atoms with van der Waals surface area (Å²) in [5.74, 6) is 0.976. The van der Waals surface area contributed by atoms with Crippen LogP contribution >= 0.6 is 0 Å². The molecule has 2 unspecified atom stereocenters. The van der Waals surface area contributed by atoms with Crippen molar-refractivity contribution in [2.24, 2.45) is 16.7 Å². The van der Waals surface area contributed by atoms with E-state index in [0.29, 0.717) is 16.4 Å². The van der Waals surface area contributed by atoms with Gasteiger partial charge in [0.1, 0.15) is 0 Å². The highest BCUT2D eigenvalue weighted by Crippen LogP contribution is 2.66. The molecule has 0 amide bonds. The van der Waals surface area contributed by atoms with Crippen molar-refractivity contribution in [1.82, 2.24) is 5.32 Å². The number of benzene rings is 1. The molecular formula is C19H27N. The van der Waals surface area contributed by atoms with Gasteiger partial charge in [-0.3, -0.25) is 0 Å². The summed E-state index contributed by atoms with van der Waals surface area (Å²) >= 11 is 0. The highest BCUT2D eigenvalue weighted by Gasteiger charge is 2.59. The standard InChI is InChI=1S/C19H27N/c1-17-8-16-9-18(2,12-17)14-19(10-16,13-17)20-11-15-6-4-3-5-7-15/h3-7,16,20H,8-14H2,1-2H3. The Hall–Kier alpha value is -0.820. The number of rotatable bonds is 3. The summed E-state index contributed by atoms with van der Waals surface area (Å²) < 4.78 is 0. The Bertz CT molecular complexity index is 488. The molecule has 5 rings (SSSR count). The van der Waals surface area contributed by atoms with Gasteiger partial charge in [0.15, 0.2) is 0 Å². The lowest BCUT2D eigenvalue weighted by atomic mass is 9.43. The Morgan fingerprint density at radius 1 is 0.950 bits per heavy atom. The third kappa shape index (κ3) is 2.11. The molecule has 0 saturated heterocycles. The molecule has 1 aromatic carbocycles. The molecule has 1 nitrogen and oxygen atoms in total. The zero-order chi connectivity index (χ0) is 13.8. The van der Waals surface area contributed by atoms with E-state index >= 15 is 0 Å². The number of hydrogen-bond acceptors (Lipinski definition) is 1. The first-order chi connectivity index (χ1) is 9.49. The molecule has 1 heteroatoms. The number of nitrogens with one attached hydrogen (secondary N) is 1. The van der Waals surface area contributed by atoms with Crippen LogP contribution in [0.25, 0.3) is 0 Å². The van der Waals surface area contributed by atoms with Crippen LogP contribution in [0.15, 0.2) is 30.3 Å². The van der Waals surface area contributed by atoms with Crippen molar-refractivity contribution >= 4 is 0 Å². The molecule has 1 N–H and O–H groups in total. The highest BCUT2D eigenvalue weighted by atomic mass is 15.0. The van der Waals surface area contributed by atoms with Gasteiger partial charge in [-0.25, -0.2) is 0 Å². The largest absolute Gasteiger partial charge is 0.307 e. The average Bonchev–Trinajstić information content (AvgIpc) is 2.33. The van der Waals surface area contributed by atoms with Gasteiger partial charge >= 0.3 is 0 Å². The normalized spacial score (nSPS) is 45.8. The van der Waals surface area contributed by atoms with E-state index < -0.39 is 0 Å². The molecule has 0 radical (unpaired) electrons. The minimum Gasteiger partial charge on any atom is -0.307 e. The molecular weight excluding hydrogens is 242 g/mol. The van der Waals surface area contributed by atoms with Gasteiger partial charge in [-0.2, -0.15) is 0 Å². The fourth-order valence-corrected chi connectivity index (χ4v) is 6.53. The summed E-state index contributed by atoms with van der Waals surface area (Å²) in [5.41, 5.74) is 3.08. The van der Waals surface area contributed by atoms with Crippen LogP contribution < -0.4 is 5.32 Å². The molecule has 20 heavy (non-hydrogen) atoms. The fraction of sp³-hybridized carbons (Fsp3) is 0.684. The summed E-state index contributed by atoms with van der Waals surface area (Å²) in [6.45, 7) is 6.14. The second-order valence-electron chi connectivity index (χ2n) is 8.75. The van der Waals surface area contributed by atoms with E-state index in [1.54, 1.807) is 0 Å². The van der Waals surface area contributed by atoms with Gasteiger partial charge in [-0.15, -0.1) is 0 Å². The average molecular weight is 269 g/mol. The van der Waals surface area contributed by atoms with Crippen molar-refractivity contribution in [2.75, 3.05) is 0 Å². The van der Waals surface area contributed by atoms with E-state index in [2.05, 4.69) is 49.5 Å². The Morgan fingerprint density at radius 3 is 2.20 bits per heavy atom. The van der Waals surface area contributed by atoms with Crippen molar-refractivity contribution < 1.29 is 0 Å². The third-order valence-electron chi connectivity index (χ3n) is 6.14. The predicted octanol–water partition coefficient (Wildman–Crippen LogP) is 4.53. The summed E-state index contributed by atoms with van der Waals surface area (Å²) in [5, 5.41) is 3.99. The first kappa shape index (κ1) is 12.9. The van der Waals surface area contributed by atoms with E-state index in [1.807, 2.05) is 0 Å². The van der Waals surface area contributed by atoms with E-state index in [0.717, 1.165) is 12.5 Å². The topological polar surface area (TPSA) is 12.0 Å². The maximum Gasteiger partial charge on any atom is 0.0210 e. The lowest BCUT2D eigenvalue weighted by Gasteiger charge is -2.65. The summed E-state index contributed by atoms with van der Waals surface area (Å²) in [7, 11) is 0. The van der Waals surface area contributed by atoms with Gasteiger partial charge in [0.25, 0.3) is 0 Å². The van der Waals surface area contributed by atoms with Crippen LogP contribution in [0, 0.1) is 16.7 Å². The molecule has 0 spiro atoms. The van der Waals surface area contributed by atoms with Gasteiger partial charge in [-0.1, -0.05) is 44.2 Å². The predicted molar refractivity (Wildman–Crippen MR) is 83.4 cm³/mol. The van der Waals surface area contributed by atoms with Crippen molar-refractivity contribution in [3.63, 3.8) is 0 Å². The second-order valence-corrected chi connectivity index (χ2v) is 8.75. The van der Waals surface area contributed by atoms with Crippen LogP contribution in [-0.4, -0.2) is 5.54 Å². The molecule has 0 aliphatic heterocycles. The monoisotopic (exact) mass is 269 g/mol. The first-order valence-electron chi connectivity index (χ1n) is 8.27. The minimum atomic E-state index is 0.429. The van der Waals surface area contributed by atoms with Crippen LogP contribution in [0.2, 0.25) is 0 Å². The van der Waals surface area contributed by atoms with E-state index in [-0.39, 0.29) is 0 Å². The maximum absolute atomic E-state index is 3.99. The molecule has 0 aromatic heterocycles. The minimum absolute atomic E-state index is 0.429. The number of hydrogen-bond donors (Lipinski definition) is 1. The van der Waals surface area contributed by atoms with Crippen LogP contribution in [0.5, 0.6) is 0 Å². The molecule has 4 aliphatic carbocycles. The van der Waals surface area contributed by atoms with Crippen molar-refractivity contribution in [3.8, 4) is 0 Å². The summed E-state index contributed by atoms with van der Waals surface area (Å²) in [4.78, 5) is 0. The lowest BCUT2D eigenvalue weighted by molar-refractivity contribution is -0.118. The quantitative estimate of drug-likeness (QED) is 0.850. The molecule has 4 fully saturated rings. The smallest absolute Gasteiger partial charge is 0.0210 e. The van der Waals surface area contributed by atoms with E-state index in [9.17, 15) is 0 Å². The van der Waals surface area contributed by atoms with Gasteiger partial charge in [0.05, 0.1) is 0 Å². The molecule has 0 heterocycles. The summed E-state index contributed by atoms with van der Waals surface area (Å²) in [6, 6.07) is 10.9. The Balaban J connectivity index is 1.55. The van der Waals surface area contributed by atoms with E-state index in [4.69, 9.17) is 0 Å². The van der Waals surface area contributed by atoms with Crippen molar-refractivity contribution in [2.45, 2.75) is 64.5 Å². The molecule has 4 aliphatic rings. The van der Waals surface area contributed by atoms with Crippen LogP contribution in [0.4, 0.5) is 0 Å². The zero-order valence-corrected chi connectivity index (χ0v) is 12.9. The summed E-state index contributed by atoms with van der Waals surface area (Å²) in [6.07, 6.45) is 8.66. The van der Waals surface area contributed by atoms with Gasteiger partial charge in [0, 0.05) is 12.1 Å². The van der Waals surface area contributed by atoms with Gasteiger partial charge < -0.3 is 5.32 Å². The van der Waals surface area contributed by atoms with Crippen molar-refractivity contribution in [3.05, 3.63) is 35.9 Å². The molecule has 108 valence electrons. The lowest BCUT2D eigenvalue weighted by Crippen LogP contribution is -2.63. The molecule has 4 saturated carbocycles. The van der Waals surface area contributed by atoms with Gasteiger partial charge in [0.2, 0.25) is 0 Å². The fourth-order valence-electron chi connectivity index (χ4n) is 6.53. The maximum atomic E-state index is 3.99. The SMILES string of the molecule is CC12CC3CC(C)(C1)CC(NCc1ccccc1)(C3)C2. The van der Waals surface area contributed by atoms with E-state index in [1.165, 1.54) is 44.1 Å². The molecule has 1 aromatic rings. The third-order valence-corrected chi connectivity index (χ3v) is 6.14. The molecule has 4 bridgehead atoms. The Kier molecular flexibility index (Phi) is 2.64. The Labute approximate surface area is 123 Å². The van der Waals surface area contributed by atoms with Crippen LogP contribution in [-0.2, 0) is 6.54 Å². The van der Waals surface area contributed by atoms with Crippen LogP contribution in [0.1, 0.15) is 57.9 Å². The highest BCUT2D eigenvalue weighted by molar-refractivity contribution is 5.18. The first-order valence-corrected chi connectivity index (χ1v) is 8.27. The van der Waals surface area contributed by atoms with Crippen LogP contribution in [0.3, 0.4) is 0 Å². The van der Waals surface area contributed by atoms with Gasteiger partial charge in [-0.05, 0) is 60.8 Å². The Morgan fingerprint density at radius 2 is 1.60 bits per heavy atom. The van der Waals surface area contributed by atoms with Crippen molar-refractivity contribution in [1.29, 1.82) is 0 Å². The molecule has 2 atom stereocenters. The second kappa shape index (κ2) is 4.10. The zero-order valence-electron chi connectivity index (χ0n) is 12.9.